The van der Waals surface area contributed by atoms with Gasteiger partial charge in [-0.3, -0.25) is 9.59 Å². The van der Waals surface area contributed by atoms with Crippen LogP contribution in [0.4, 0.5) is 0 Å². The van der Waals surface area contributed by atoms with Crippen LogP contribution in [0.25, 0.3) is 0 Å². The second-order valence-corrected chi connectivity index (χ2v) is 7.19. The summed E-state index contributed by atoms with van der Waals surface area (Å²) >= 11 is 0. The van der Waals surface area contributed by atoms with Crippen LogP contribution >= 0.6 is 0 Å². The van der Waals surface area contributed by atoms with Crippen LogP contribution in [-0.2, 0) is 14.4 Å². The van der Waals surface area contributed by atoms with Crippen molar-refractivity contribution < 1.29 is 19.5 Å². The summed E-state index contributed by atoms with van der Waals surface area (Å²) in [5, 5.41) is 11.8. The maximum absolute atomic E-state index is 12.4. The van der Waals surface area contributed by atoms with Gasteiger partial charge in [-0.1, -0.05) is 19.9 Å². The number of nitrogens with zero attached hydrogens (tertiary/aromatic N) is 2. The first-order valence-electron chi connectivity index (χ1n) is 8.77. The number of aliphatic carboxylic acids is 1. The van der Waals surface area contributed by atoms with Crippen molar-refractivity contribution in [1.82, 2.24) is 15.1 Å². The Hall–Kier alpha value is -1.89. The van der Waals surface area contributed by atoms with Gasteiger partial charge in [-0.15, -0.1) is 0 Å². The zero-order valence-corrected chi connectivity index (χ0v) is 15.9. The first-order chi connectivity index (χ1) is 11.6. The molecule has 1 heterocycles. The zero-order chi connectivity index (χ0) is 19.1. The predicted octanol–water partition coefficient (Wildman–Crippen LogP) is 0.958. The fourth-order valence-electron chi connectivity index (χ4n) is 2.95. The van der Waals surface area contributed by atoms with E-state index in [9.17, 15) is 14.4 Å². The van der Waals surface area contributed by atoms with Gasteiger partial charge in [0.1, 0.15) is 0 Å². The number of carbonyl (C=O) groups excluding carboxylic acids is 2. The number of amides is 2. The second kappa shape index (κ2) is 9.56. The molecule has 2 N–H and O–H groups in total. The first-order valence-corrected chi connectivity index (χ1v) is 8.77. The van der Waals surface area contributed by atoms with Gasteiger partial charge in [-0.25, -0.2) is 4.79 Å². The first kappa shape index (κ1) is 21.2. The summed E-state index contributed by atoms with van der Waals surface area (Å²) in [6.07, 6.45) is 3.20. The molecule has 0 bridgehead atoms. The molecular weight excluding hydrogens is 322 g/mol. The fraction of sp³-hybridized carbons (Fsp3) is 0.722. The molecule has 1 fully saturated rings. The Morgan fingerprint density at radius 2 is 1.84 bits per heavy atom. The van der Waals surface area contributed by atoms with Crippen molar-refractivity contribution in [3.8, 4) is 0 Å². The number of hydrogen-bond acceptors (Lipinski definition) is 4. The van der Waals surface area contributed by atoms with E-state index in [1.807, 2.05) is 20.9 Å². The molecule has 7 heteroatoms. The van der Waals surface area contributed by atoms with E-state index in [0.29, 0.717) is 0 Å². The van der Waals surface area contributed by atoms with Gasteiger partial charge in [-0.05, 0) is 45.8 Å². The number of carboxylic acids is 1. The Bertz CT molecular complexity index is 522. The van der Waals surface area contributed by atoms with Gasteiger partial charge >= 0.3 is 5.97 Å². The third kappa shape index (κ3) is 6.49. The molecule has 0 saturated carbocycles. The van der Waals surface area contributed by atoms with Crippen LogP contribution in [-0.4, -0.2) is 72.5 Å². The van der Waals surface area contributed by atoms with E-state index >= 15 is 0 Å². The average Bonchev–Trinajstić information content (AvgIpc) is 2.56. The third-order valence-corrected chi connectivity index (χ3v) is 4.78. The lowest BCUT2D eigenvalue weighted by Crippen LogP contribution is -2.46. The predicted molar refractivity (Wildman–Crippen MR) is 96.0 cm³/mol. The van der Waals surface area contributed by atoms with Crippen molar-refractivity contribution in [3.63, 3.8) is 0 Å². The van der Waals surface area contributed by atoms with Crippen LogP contribution < -0.4 is 5.32 Å². The highest BCUT2D eigenvalue weighted by Crippen LogP contribution is 2.16. The third-order valence-electron chi connectivity index (χ3n) is 4.78. The molecule has 1 saturated heterocycles. The van der Waals surface area contributed by atoms with Gasteiger partial charge in [0, 0.05) is 18.5 Å². The standard InChI is InChI=1S/C18H31N3O4/c1-12(2)15(10-13(3)18(24)25)21(5)16(22)11-19-17(23)14-6-8-20(4)9-7-14/h10,12,14-15H,6-9,11H2,1-5H3,(H,19,23)(H,24,25)/b13-10+/t15-/m1/s1. The molecule has 1 aliphatic heterocycles. The highest BCUT2D eigenvalue weighted by molar-refractivity contribution is 5.87. The lowest BCUT2D eigenvalue weighted by atomic mass is 9.96. The maximum atomic E-state index is 12.4. The van der Waals surface area contributed by atoms with Crippen molar-refractivity contribution in [2.45, 2.75) is 39.7 Å². The molecule has 0 aromatic heterocycles. The van der Waals surface area contributed by atoms with Crippen LogP contribution in [0.15, 0.2) is 11.6 Å². The summed E-state index contributed by atoms with van der Waals surface area (Å²) in [6.45, 7) is 7.08. The van der Waals surface area contributed by atoms with Crippen LogP contribution in [0.3, 0.4) is 0 Å². The summed E-state index contributed by atoms with van der Waals surface area (Å²) in [5.74, 6) is -1.28. The smallest absolute Gasteiger partial charge is 0.331 e. The van der Waals surface area contributed by atoms with Crippen molar-refractivity contribution in [1.29, 1.82) is 0 Å². The van der Waals surface area contributed by atoms with Crippen molar-refractivity contribution in [2.75, 3.05) is 33.7 Å². The second-order valence-electron chi connectivity index (χ2n) is 7.19. The van der Waals surface area contributed by atoms with E-state index in [1.165, 1.54) is 11.8 Å². The van der Waals surface area contributed by atoms with Gasteiger partial charge in [0.05, 0.1) is 12.6 Å². The number of piperidine rings is 1. The molecule has 0 aliphatic carbocycles. The van der Waals surface area contributed by atoms with E-state index in [2.05, 4.69) is 10.2 Å². The van der Waals surface area contributed by atoms with Gasteiger partial charge in [0.25, 0.3) is 0 Å². The summed E-state index contributed by atoms with van der Waals surface area (Å²) in [4.78, 5) is 39.3. The Morgan fingerprint density at radius 1 is 1.28 bits per heavy atom. The zero-order valence-electron chi connectivity index (χ0n) is 15.9. The summed E-state index contributed by atoms with van der Waals surface area (Å²) in [5.41, 5.74) is 0.203. The summed E-state index contributed by atoms with van der Waals surface area (Å²) < 4.78 is 0. The highest BCUT2D eigenvalue weighted by Gasteiger charge is 2.26. The van der Waals surface area contributed by atoms with E-state index in [1.54, 1.807) is 13.1 Å². The number of nitrogens with one attached hydrogen (secondary N) is 1. The summed E-state index contributed by atoms with van der Waals surface area (Å²) in [7, 11) is 3.67. The lowest BCUT2D eigenvalue weighted by molar-refractivity contribution is -0.135. The quantitative estimate of drug-likeness (QED) is 0.666. The van der Waals surface area contributed by atoms with Gasteiger partial charge in [0.15, 0.2) is 0 Å². The number of likely N-dealkylation sites (tertiary alicyclic amines) is 1. The minimum absolute atomic E-state index is 0.0376. The molecule has 0 unspecified atom stereocenters. The Morgan fingerprint density at radius 3 is 2.32 bits per heavy atom. The van der Waals surface area contributed by atoms with E-state index in [0.717, 1.165) is 25.9 Å². The topological polar surface area (TPSA) is 90.0 Å². The molecule has 0 aromatic carbocycles. The minimum Gasteiger partial charge on any atom is -0.478 e. The maximum Gasteiger partial charge on any atom is 0.331 e. The van der Waals surface area contributed by atoms with Crippen LogP contribution in [0, 0.1) is 11.8 Å². The molecule has 0 spiro atoms. The van der Waals surface area contributed by atoms with Gasteiger partial charge < -0.3 is 20.2 Å². The number of likely N-dealkylation sites (N-methyl/N-ethyl adjacent to an activating group) is 1. The molecule has 142 valence electrons. The molecule has 25 heavy (non-hydrogen) atoms. The SMILES string of the molecule is C/C(=C\[C@H](C(C)C)N(C)C(=O)CNC(=O)C1CCN(C)CC1)C(=O)O. The van der Waals surface area contributed by atoms with Gasteiger partial charge in [-0.2, -0.15) is 0 Å². The Labute approximate surface area is 150 Å². The monoisotopic (exact) mass is 353 g/mol. The molecule has 1 aliphatic rings. The molecule has 1 atom stereocenters. The van der Waals surface area contributed by atoms with E-state index in [4.69, 9.17) is 5.11 Å². The Kier molecular flexibility index (Phi) is 8.09. The molecule has 2 amide bonds. The Balaban J connectivity index is 2.60. The molecule has 0 radical (unpaired) electrons. The number of carboxylic acid groups (broad SMARTS) is 1. The summed E-state index contributed by atoms with van der Waals surface area (Å²) in [6, 6.07) is -0.330. The molecule has 7 nitrogen and oxygen atoms in total. The number of carbonyl (C=O) groups is 3. The van der Waals surface area contributed by atoms with Gasteiger partial charge in [0.2, 0.25) is 11.8 Å². The van der Waals surface area contributed by atoms with Crippen molar-refractivity contribution >= 4 is 17.8 Å². The van der Waals surface area contributed by atoms with Crippen LogP contribution in [0.1, 0.15) is 33.6 Å². The van der Waals surface area contributed by atoms with Crippen molar-refractivity contribution in [3.05, 3.63) is 11.6 Å². The van der Waals surface area contributed by atoms with E-state index in [-0.39, 0.29) is 41.8 Å². The van der Waals surface area contributed by atoms with Crippen LogP contribution in [0.5, 0.6) is 0 Å². The molecule has 0 aromatic rings. The highest BCUT2D eigenvalue weighted by atomic mass is 16.4. The average molecular weight is 353 g/mol. The number of hydrogen-bond donors (Lipinski definition) is 2. The number of rotatable bonds is 7. The normalized spacial score (nSPS) is 18.1. The lowest BCUT2D eigenvalue weighted by Gasteiger charge is -2.30. The largest absolute Gasteiger partial charge is 0.478 e. The fourth-order valence-corrected chi connectivity index (χ4v) is 2.95. The van der Waals surface area contributed by atoms with E-state index < -0.39 is 5.97 Å². The van der Waals surface area contributed by atoms with Crippen molar-refractivity contribution in [2.24, 2.45) is 11.8 Å². The molecular formula is C18H31N3O4. The molecule has 1 rings (SSSR count). The van der Waals surface area contributed by atoms with Crippen LogP contribution in [0.2, 0.25) is 0 Å². The minimum atomic E-state index is -0.998.